The van der Waals surface area contributed by atoms with Gasteiger partial charge in [0.1, 0.15) is 68.6 Å². The average Bonchev–Trinajstić information content (AvgIpc) is 1.65. The van der Waals surface area contributed by atoms with Crippen molar-refractivity contribution in [1.29, 1.82) is 0 Å². The summed E-state index contributed by atoms with van der Waals surface area (Å²) in [5.41, 5.74) is 3.93. The summed E-state index contributed by atoms with van der Waals surface area (Å²) >= 11 is 0. The van der Waals surface area contributed by atoms with E-state index in [1.807, 2.05) is 60.1 Å². The van der Waals surface area contributed by atoms with E-state index in [-0.39, 0.29) is 11.6 Å². The van der Waals surface area contributed by atoms with Crippen molar-refractivity contribution in [1.82, 2.24) is 39.5 Å². The molecule has 0 saturated heterocycles. The van der Waals surface area contributed by atoms with Gasteiger partial charge in [-0.1, -0.05) is 124 Å². The van der Waals surface area contributed by atoms with E-state index in [1.54, 1.807) is 42.7 Å². The Balaban J connectivity index is 1.19. The van der Waals surface area contributed by atoms with Crippen molar-refractivity contribution in [3.05, 3.63) is 133 Å². The van der Waals surface area contributed by atoms with Crippen LogP contribution in [0.4, 0.5) is 0 Å². The van der Waals surface area contributed by atoms with Crippen LogP contribution in [0.15, 0.2) is 133 Å². The van der Waals surface area contributed by atoms with Crippen molar-refractivity contribution < 1.29 is 37.9 Å². The topological polar surface area (TPSA) is 172 Å². The number of ether oxygens (including phenoxy) is 8. The molecular formula is C75H62N8O8. The number of fused-ring (bicyclic) bond motifs is 27. The van der Waals surface area contributed by atoms with E-state index in [0.717, 1.165) is 101 Å². The smallest absolute Gasteiger partial charge is 0.168 e. The van der Waals surface area contributed by atoms with Crippen LogP contribution in [-0.2, 0) is 7.05 Å². The third-order valence-electron chi connectivity index (χ3n) is 18.0. The molecule has 0 aliphatic carbocycles. The summed E-state index contributed by atoms with van der Waals surface area (Å²) < 4.78 is 56.1. The summed E-state index contributed by atoms with van der Waals surface area (Å²) in [5, 5.41) is 15.0. The van der Waals surface area contributed by atoms with Gasteiger partial charge < -0.3 is 47.4 Å². The highest BCUT2D eigenvalue weighted by Gasteiger charge is 2.36. The molecule has 2 aliphatic heterocycles. The highest BCUT2D eigenvalue weighted by atomic mass is 16.5. The fraction of sp³-hybridized carbons (Fsp3) is 0.200. The molecule has 8 bridgehead atoms. The van der Waals surface area contributed by atoms with Crippen LogP contribution in [0.25, 0.3) is 165 Å². The molecule has 0 unspecified atom stereocenters. The summed E-state index contributed by atoms with van der Waals surface area (Å²) in [7, 11) is 12.0. The van der Waals surface area contributed by atoms with E-state index in [4.69, 9.17) is 67.8 Å². The first kappa shape index (κ1) is 55.3. The van der Waals surface area contributed by atoms with Gasteiger partial charge in [0.25, 0.3) is 0 Å². The summed E-state index contributed by atoms with van der Waals surface area (Å²) in [6, 6.07) is 45.7. The molecule has 0 amide bonds. The third-order valence-corrected chi connectivity index (χ3v) is 18.0. The zero-order chi connectivity index (χ0) is 61.9. The molecule has 0 radical (unpaired) electrons. The second-order valence-corrected chi connectivity index (χ2v) is 23.0. The SMILES string of the molecule is CCCCOc1c2ccccc2c(OCCCC)c2c1c1nc3nc(nc4[nH]c(nc5nc(nc2n1C)-c1c-5c(OC)c2cc5ccccc5cc2c1OC)c1c(OC)c2cc5ccccc5cc2c(OC)c41)-c1c-3c(OC)c2cc3ccccc3cc2c1OC. The van der Waals surface area contributed by atoms with Crippen LogP contribution in [0.3, 0.4) is 0 Å². The molecule has 0 atom stereocenters. The minimum Gasteiger partial charge on any atom is -0.495 e. The molecule has 5 heterocycles. The van der Waals surface area contributed by atoms with Crippen LogP contribution in [0, 0.1) is 0 Å². The predicted octanol–water partition coefficient (Wildman–Crippen LogP) is 17.4. The van der Waals surface area contributed by atoms with Gasteiger partial charge in [0.05, 0.1) is 99.7 Å². The number of unbranched alkanes of at least 4 members (excludes halogenated alkanes) is 2. The van der Waals surface area contributed by atoms with E-state index < -0.39 is 0 Å². The first-order valence-corrected chi connectivity index (χ1v) is 30.7. The molecule has 2 aliphatic rings. The van der Waals surface area contributed by atoms with Gasteiger partial charge in [-0.2, -0.15) is 0 Å². The molecule has 0 saturated carbocycles. The van der Waals surface area contributed by atoms with Gasteiger partial charge in [-0.05, 0) is 81.6 Å². The molecule has 14 aromatic rings. The molecule has 450 valence electrons. The van der Waals surface area contributed by atoms with E-state index >= 15 is 0 Å². The Morgan fingerprint density at radius 2 is 0.615 bits per heavy atom. The van der Waals surface area contributed by atoms with Crippen LogP contribution in [0.5, 0.6) is 46.0 Å². The van der Waals surface area contributed by atoms with Crippen molar-refractivity contribution in [2.75, 3.05) is 55.9 Å². The number of methoxy groups -OCH3 is 6. The second-order valence-electron chi connectivity index (χ2n) is 23.0. The fourth-order valence-electron chi connectivity index (χ4n) is 13.9. The molecular weight excluding hydrogens is 1140 g/mol. The number of hydrogen-bond donors (Lipinski definition) is 1. The number of aromatic amines is 1. The maximum Gasteiger partial charge on any atom is 0.168 e. The summed E-state index contributed by atoms with van der Waals surface area (Å²) in [6.45, 7) is 5.18. The number of benzene rings is 11. The first-order valence-electron chi connectivity index (χ1n) is 30.7. The second kappa shape index (κ2) is 21.6. The van der Waals surface area contributed by atoms with Crippen molar-refractivity contribution in [2.45, 2.75) is 39.5 Å². The lowest BCUT2D eigenvalue weighted by molar-refractivity contribution is 0.311. The highest BCUT2D eigenvalue weighted by Crippen LogP contribution is 2.57. The number of hydrogen-bond acceptors (Lipinski definition) is 14. The minimum atomic E-state index is 0.279. The molecule has 3 aromatic heterocycles. The van der Waals surface area contributed by atoms with Crippen LogP contribution in [-0.4, -0.2) is 95.3 Å². The van der Waals surface area contributed by atoms with Crippen LogP contribution >= 0.6 is 0 Å². The molecule has 1 N–H and O–H groups in total. The Morgan fingerprint density at radius 1 is 0.330 bits per heavy atom. The van der Waals surface area contributed by atoms with Gasteiger partial charge in [-0.15, -0.1) is 0 Å². The Morgan fingerprint density at radius 3 is 0.912 bits per heavy atom. The van der Waals surface area contributed by atoms with E-state index in [2.05, 4.69) is 104 Å². The molecule has 91 heavy (non-hydrogen) atoms. The number of rotatable bonds is 14. The lowest BCUT2D eigenvalue weighted by Crippen LogP contribution is -2.01. The number of aryl methyl sites for hydroxylation is 1. The number of nitrogens with zero attached hydrogens (tertiary/aromatic N) is 7. The summed E-state index contributed by atoms with van der Waals surface area (Å²) in [6.07, 6.45) is 3.43. The quantitative estimate of drug-likeness (QED) is 0.0805. The maximum absolute atomic E-state index is 7.12. The Kier molecular flexibility index (Phi) is 13.2. The molecule has 0 fully saturated rings. The Labute approximate surface area is 521 Å². The Hall–Kier alpha value is -11.0. The van der Waals surface area contributed by atoms with Gasteiger partial charge in [-0.25, -0.2) is 29.9 Å². The van der Waals surface area contributed by atoms with E-state index in [0.29, 0.717) is 137 Å². The van der Waals surface area contributed by atoms with Crippen LogP contribution < -0.4 is 37.9 Å². The van der Waals surface area contributed by atoms with Gasteiger partial charge in [0, 0.05) is 50.1 Å². The largest absolute Gasteiger partial charge is 0.495 e. The van der Waals surface area contributed by atoms with Crippen molar-refractivity contribution >= 4 is 120 Å². The lowest BCUT2D eigenvalue weighted by atomic mass is 9.95. The van der Waals surface area contributed by atoms with Crippen molar-refractivity contribution in [3.63, 3.8) is 0 Å². The lowest BCUT2D eigenvalue weighted by Gasteiger charge is -2.17. The molecule has 16 heteroatoms. The van der Waals surface area contributed by atoms with E-state index in [1.165, 1.54) is 0 Å². The van der Waals surface area contributed by atoms with Gasteiger partial charge in [-0.3, -0.25) is 0 Å². The number of aromatic nitrogens is 8. The summed E-state index contributed by atoms with van der Waals surface area (Å²) in [5.74, 6) is 5.58. The molecule has 16 rings (SSSR count). The van der Waals surface area contributed by atoms with Crippen molar-refractivity contribution in [2.24, 2.45) is 7.05 Å². The highest BCUT2D eigenvalue weighted by molar-refractivity contribution is 6.24. The fourth-order valence-corrected chi connectivity index (χ4v) is 13.9. The maximum atomic E-state index is 7.12. The van der Waals surface area contributed by atoms with Gasteiger partial charge >= 0.3 is 0 Å². The Bertz CT molecular complexity index is 5300. The predicted molar refractivity (Wildman–Crippen MR) is 363 cm³/mol. The standard InChI is InChI=1S/C75H62N8O8/c1-10-12-30-90-66-44-28-20-21-29-45(44)67(91-31-13-11-2)59-58(66)74-81-72-56-54(62(86-6)48-34-40-24-16-18-26-42(40)36-50(48)64(56)88-8)70(79-72)77-68-52-53(61(85-5)47-33-39-23-15-14-22-38(39)32-46(47)60(52)84-4)69(76-68)78-71-55-57(73(80-71)82-75(59)83(74)3)65(89-9)51-37-43-27-19-17-25-41(43)35-49(51)63(55)87-7/h14-29,32-37H,10-13,30-31H2,1-9H3,(H,76,77,78,79,80,81,82). The van der Waals surface area contributed by atoms with Crippen LogP contribution in [0.1, 0.15) is 39.5 Å². The molecule has 11 aromatic carbocycles. The van der Waals surface area contributed by atoms with Gasteiger partial charge in [0.15, 0.2) is 23.3 Å². The van der Waals surface area contributed by atoms with E-state index in [9.17, 15) is 0 Å². The first-order chi connectivity index (χ1) is 44.7. The normalized spacial score (nSPS) is 12.1. The summed E-state index contributed by atoms with van der Waals surface area (Å²) in [4.78, 5) is 37.9. The monoisotopic (exact) mass is 1200 g/mol. The third kappa shape index (κ3) is 8.20. The van der Waals surface area contributed by atoms with Gasteiger partial charge in [0.2, 0.25) is 0 Å². The zero-order valence-corrected chi connectivity index (χ0v) is 51.8. The number of nitrogens with one attached hydrogen (secondary N) is 1. The van der Waals surface area contributed by atoms with Crippen molar-refractivity contribution in [3.8, 4) is 91.5 Å². The number of H-pyrrole nitrogens is 1. The minimum absolute atomic E-state index is 0.279. The zero-order valence-electron chi connectivity index (χ0n) is 51.8. The van der Waals surface area contributed by atoms with Crippen LogP contribution in [0.2, 0.25) is 0 Å². The molecule has 16 nitrogen and oxygen atoms in total. The molecule has 0 spiro atoms. The average molecular weight is 1200 g/mol.